The summed E-state index contributed by atoms with van der Waals surface area (Å²) < 4.78 is 16.8. The predicted molar refractivity (Wildman–Crippen MR) is 184 cm³/mol. The Bertz CT molecular complexity index is 2340. The third-order valence-electron chi connectivity index (χ3n) is 8.58. The Balaban J connectivity index is 1.16. The number of hydrogen-bond acceptors (Lipinski definition) is 9. The SMILES string of the molecule is COC(=O)c1c(C)[nH]c2c(O)cc3c(c12)[C@H](CCl)CN3C(=O)c1cc2cc(NC(=O)c3cc4cccc(NC(=O)CCN)c4o3)ccc2o1. The number of esters is 1. The van der Waals surface area contributed by atoms with Crippen LogP contribution in [0.4, 0.5) is 17.1 Å². The van der Waals surface area contributed by atoms with Crippen molar-refractivity contribution in [2.75, 3.05) is 41.6 Å². The minimum Gasteiger partial charge on any atom is -0.506 e. The number of aromatic amines is 1. The summed E-state index contributed by atoms with van der Waals surface area (Å²) >= 11 is 6.38. The lowest BCUT2D eigenvalue weighted by atomic mass is 9.95. The maximum Gasteiger partial charge on any atom is 0.340 e. The van der Waals surface area contributed by atoms with Gasteiger partial charge in [0.15, 0.2) is 17.1 Å². The van der Waals surface area contributed by atoms with Crippen LogP contribution in [0.5, 0.6) is 5.75 Å². The summed E-state index contributed by atoms with van der Waals surface area (Å²) in [5.74, 6) is -2.11. The fourth-order valence-electron chi connectivity index (χ4n) is 6.39. The van der Waals surface area contributed by atoms with E-state index >= 15 is 0 Å². The molecular formula is C35H30ClN5O8. The van der Waals surface area contributed by atoms with Gasteiger partial charge in [-0.2, -0.15) is 0 Å². The van der Waals surface area contributed by atoms with Crippen molar-refractivity contribution in [3.05, 3.63) is 82.9 Å². The first-order chi connectivity index (χ1) is 23.6. The van der Waals surface area contributed by atoms with Gasteiger partial charge in [-0.25, -0.2) is 4.79 Å². The first-order valence-electron chi connectivity index (χ1n) is 15.3. The Morgan fingerprint density at radius 3 is 2.61 bits per heavy atom. The number of furan rings is 2. The van der Waals surface area contributed by atoms with Crippen LogP contribution >= 0.6 is 11.6 Å². The Morgan fingerprint density at radius 1 is 1.06 bits per heavy atom. The lowest BCUT2D eigenvalue weighted by molar-refractivity contribution is -0.116. The van der Waals surface area contributed by atoms with Gasteiger partial charge in [-0.3, -0.25) is 14.4 Å². The van der Waals surface area contributed by atoms with E-state index in [9.17, 15) is 24.3 Å². The van der Waals surface area contributed by atoms with Gasteiger partial charge in [0.05, 0.1) is 29.6 Å². The summed E-state index contributed by atoms with van der Waals surface area (Å²) in [5, 5.41) is 18.1. The second-order valence-corrected chi connectivity index (χ2v) is 12.0. The lowest BCUT2D eigenvalue weighted by Crippen LogP contribution is -2.29. The van der Waals surface area contributed by atoms with Gasteiger partial charge in [-0.05, 0) is 48.9 Å². The van der Waals surface area contributed by atoms with Crippen molar-refractivity contribution in [3.8, 4) is 5.75 Å². The van der Waals surface area contributed by atoms with E-state index in [0.29, 0.717) is 61.2 Å². The normalized spacial score (nSPS) is 14.0. The van der Waals surface area contributed by atoms with E-state index in [2.05, 4.69) is 15.6 Å². The van der Waals surface area contributed by atoms with E-state index in [-0.39, 0.29) is 60.0 Å². The number of nitrogens with two attached hydrogens (primary N) is 1. The number of hydrogen-bond donors (Lipinski definition) is 5. The highest BCUT2D eigenvalue weighted by atomic mass is 35.5. The van der Waals surface area contributed by atoms with Crippen LogP contribution in [0.15, 0.2) is 63.4 Å². The molecule has 4 heterocycles. The molecule has 0 radical (unpaired) electrons. The third kappa shape index (κ3) is 5.42. The topological polar surface area (TPSA) is 193 Å². The summed E-state index contributed by atoms with van der Waals surface area (Å²) in [7, 11) is 1.28. The van der Waals surface area contributed by atoms with E-state index in [4.69, 9.17) is 30.9 Å². The number of rotatable bonds is 8. The molecule has 0 aliphatic carbocycles. The summed E-state index contributed by atoms with van der Waals surface area (Å²) in [4.78, 5) is 56.4. The second kappa shape index (κ2) is 12.3. The summed E-state index contributed by atoms with van der Waals surface area (Å²) in [6.45, 7) is 2.09. The number of amides is 3. The molecule has 14 heteroatoms. The third-order valence-corrected chi connectivity index (χ3v) is 8.96. The van der Waals surface area contributed by atoms with E-state index < -0.39 is 17.8 Å². The second-order valence-electron chi connectivity index (χ2n) is 11.7. The van der Waals surface area contributed by atoms with Crippen LogP contribution in [0, 0.1) is 6.92 Å². The molecule has 13 nitrogen and oxygen atoms in total. The molecule has 250 valence electrons. The molecule has 0 bridgehead atoms. The number of H-pyrrole nitrogens is 1. The lowest BCUT2D eigenvalue weighted by Gasteiger charge is -2.16. The fourth-order valence-corrected chi connectivity index (χ4v) is 6.64. The quantitative estimate of drug-likeness (QED) is 0.0947. The van der Waals surface area contributed by atoms with Crippen LogP contribution in [-0.2, 0) is 9.53 Å². The number of anilines is 3. The number of aromatic hydroxyl groups is 1. The Kier molecular flexibility index (Phi) is 8.01. The van der Waals surface area contributed by atoms with Crippen molar-refractivity contribution in [3.63, 3.8) is 0 Å². The monoisotopic (exact) mass is 683 g/mol. The molecule has 1 atom stereocenters. The van der Waals surface area contributed by atoms with Crippen molar-refractivity contribution in [2.24, 2.45) is 5.73 Å². The smallest absolute Gasteiger partial charge is 0.340 e. The number of phenols is 1. The number of carbonyl (C=O) groups excluding carboxylic acids is 4. The molecule has 3 amide bonds. The van der Waals surface area contributed by atoms with E-state index in [0.717, 1.165) is 0 Å². The van der Waals surface area contributed by atoms with Crippen molar-refractivity contribution in [1.29, 1.82) is 0 Å². The minimum absolute atomic E-state index is 0.0270. The molecule has 0 spiro atoms. The van der Waals surface area contributed by atoms with Crippen LogP contribution in [0.2, 0.25) is 0 Å². The number of carbonyl (C=O) groups is 4. The first kappa shape index (κ1) is 31.8. The summed E-state index contributed by atoms with van der Waals surface area (Å²) in [6, 6.07) is 14.7. The number of fused-ring (bicyclic) bond motifs is 5. The molecule has 1 aliphatic rings. The van der Waals surface area contributed by atoms with Gasteiger partial charge in [-0.1, -0.05) is 12.1 Å². The molecule has 6 N–H and O–H groups in total. The average molecular weight is 684 g/mol. The number of halogens is 1. The zero-order chi connectivity index (χ0) is 34.6. The predicted octanol–water partition coefficient (Wildman–Crippen LogP) is 5.98. The molecule has 49 heavy (non-hydrogen) atoms. The fraction of sp³-hybridized carbons (Fsp3) is 0.200. The number of nitrogens with zero attached hydrogens (tertiary/aromatic N) is 1. The highest BCUT2D eigenvalue weighted by Crippen LogP contribution is 2.47. The van der Waals surface area contributed by atoms with E-state index in [1.165, 1.54) is 18.1 Å². The standard InChI is InChI=1S/C35H30ClN5O8/c1-16-28(35(46)47-2)30-29-19(14-36)15-41(22(29)13-23(42)31(30)38-16)34(45)26-12-18-10-20(6-7-24(18)48-26)39-33(44)25-11-17-4-3-5-21(32(17)49-25)40-27(43)8-9-37/h3-7,10-13,19,38,42H,8-9,14-15,37H2,1-2H3,(H,39,44)(H,40,43)/t19-/m1/s1. The van der Waals surface area contributed by atoms with Crippen LogP contribution in [0.3, 0.4) is 0 Å². The molecule has 3 aromatic heterocycles. The highest BCUT2D eigenvalue weighted by molar-refractivity contribution is 6.20. The first-order valence-corrected chi connectivity index (χ1v) is 15.9. The maximum absolute atomic E-state index is 13.9. The number of para-hydroxylation sites is 1. The zero-order valence-electron chi connectivity index (χ0n) is 26.3. The zero-order valence-corrected chi connectivity index (χ0v) is 27.1. The molecular weight excluding hydrogens is 654 g/mol. The molecule has 0 saturated heterocycles. The number of aryl methyl sites for hydroxylation is 1. The van der Waals surface area contributed by atoms with Crippen LogP contribution in [0.25, 0.3) is 32.8 Å². The minimum atomic E-state index is -0.577. The van der Waals surface area contributed by atoms with Gasteiger partial charge in [0, 0.05) is 64.9 Å². The molecule has 0 unspecified atom stereocenters. The molecule has 6 aromatic rings. The van der Waals surface area contributed by atoms with Gasteiger partial charge in [0.25, 0.3) is 11.8 Å². The Labute approximate surface area is 282 Å². The van der Waals surface area contributed by atoms with Gasteiger partial charge < -0.3 is 44.9 Å². The van der Waals surface area contributed by atoms with Crippen molar-refractivity contribution in [2.45, 2.75) is 19.3 Å². The number of nitrogens with one attached hydrogen (secondary N) is 3. The maximum atomic E-state index is 13.9. The van der Waals surface area contributed by atoms with Crippen LogP contribution in [0.1, 0.15) is 55.1 Å². The van der Waals surface area contributed by atoms with Gasteiger partial charge in [0.2, 0.25) is 5.91 Å². The van der Waals surface area contributed by atoms with Crippen molar-refractivity contribution < 1.29 is 37.9 Å². The van der Waals surface area contributed by atoms with Crippen molar-refractivity contribution in [1.82, 2.24) is 4.98 Å². The molecule has 1 aliphatic heterocycles. The number of aromatic nitrogens is 1. The Morgan fingerprint density at radius 2 is 1.86 bits per heavy atom. The average Bonchev–Trinajstić information content (AvgIpc) is 3.86. The number of ether oxygens (including phenoxy) is 1. The molecule has 7 rings (SSSR count). The number of benzene rings is 3. The molecule has 0 saturated carbocycles. The van der Waals surface area contributed by atoms with Crippen LogP contribution < -0.4 is 21.3 Å². The number of phenolic OH excluding ortho intramolecular Hbond substituents is 1. The Hall–Kier alpha value is -5.79. The van der Waals surface area contributed by atoms with Gasteiger partial charge in [0.1, 0.15) is 11.3 Å². The van der Waals surface area contributed by atoms with E-state index in [1.54, 1.807) is 55.5 Å². The van der Waals surface area contributed by atoms with Crippen molar-refractivity contribution >= 4 is 85.2 Å². The van der Waals surface area contributed by atoms with Crippen LogP contribution in [-0.4, -0.2) is 59.9 Å². The summed E-state index contributed by atoms with van der Waals surface area (Å²) in [5.41, 5.74) is 9.28. The number of methoxy groups -OCH3 is 1. The largest absolute Gasteiger partial charge is 0.506 e. The molecule has 3 aromatic carbocycles. The molecule has 0 fully saturated rings. The van der Waals surface area contributed by atoms with Gasteiger partial charge >= 0.3 is 5.97 Å². The van der Waals surface area contributed by atoms with Gasteiger partial charge in [-0.15, -0.1) is 11.6 Å². The highest BCUT2D eigenvalue weighted by Gasteiger charge is 2.38. The summed E-state index contributed by atoms with van der Waals surface area (Å²) in [6.07, 6.45) is 0.145. The number of alkyl halides is 1. The van der Waals surface area contributed by atoms with E-state index in [1.807, 2.05) is 0 Å².